The lowest BCUT2D eigenvalue weighted by Crippen LogP contribution is -2.31. The van der Waals surface area contributed by atoms with Gasteiger partial charge in [0, 0.05) is 19.0 Å². The molecule has 1 aromatic heterocycles. The topological polar surface area (TPSA) is 81.1 Å². The Balaban J connectivity index is 2.39. The van der Waals surface area contributed by atoms with Crippen LogP contribution in [0.3, 0.4) is 0 Å². The van der Waals surface area contributed by atoms with Gasteiger partial charge in [0.2, 0.25) is 0 Å². The number of benzene rings is 1. The molecule has 2 rings (SSSR count). The highest BCUT2D eigenvalue weighted by atomic mass is 32.2. The van der Waals surface area contributed by atoms with E-state index in [1.807, 2.05) is 0 Å². The van der Waals surface area contributed by atoms with Crippen molar-refractivity contribution in [2.45, 2.75) is 18.7 Å². The molecule has 0 spiro atoms. The van der Waals surface area contributed by atoms with Crippen LogP contribution in [0.4, 0.5) is 10.1 Å². The molecule has 0 aliphatic rings. The highest BCUT2D eigenvalue weighted by Gasteiger charge is 2.18. The SMILES string of the molecule is Cc1nn(C)c(=O)c(C(=O)Nc2ccc([S@@](C)=O)c(F)c2)c1C. The number of rotatable bonds is 3. The minimum absolute atomic E-state index is 0.0384. The minimum atomic E-state index is -1.46. The average molecular weight is 337 g/mol. The zero-order valence-corrected chi connectivity index (χ0v) is 14.0. The van der Waals surface area contributed by atoms with E-state index < -0.39 is 28.1 Å². The molecular weight excluding hydrogens is 321 g/mol. The molecule has 1 aromatic carbocycles. The molecule has 0 aliphatic carbocycles. The normalized spacial score (nSPS) is 12.0. The molecule has 2 aromatic rings. The fraction of sp³-hybridized carbons (Fsp3) is 0.267. The van der Waals surface area contributed by atoms with E-state index in [2.05, 4.69) is 10.4 Å². The molecule has 6 nitrogen and oxygen atoms in total. The third-order valence-electron chi connectivity index (χ3n) is 3.45. The molecule has 1 amide bonds. The summed E-state index contributed by atoms with van der Waals surface area (Å²) < 4.78 is 26.2. The number of anilines is 1. The second kappa shape index (κ2) is 6.41. The number of nitrogens with one attached hydrogen (secondary N) is 1. The summed E-state index contributed by atoms with van der Waals surface area (Å²) in [5.74, 6) is -1.32. The molecule has 0 unspecified atom stereocenters. The van der Waals surface area contributed by atoms with Crippen LogP contribution in [0.25, 0.3) is 0 Å². The molecular formula is C15H16FN3O3S. The summed E-state index contributed by atoms with van der Waals surface area (Å²) in [5.41, 5.74) is 0.635. The summed E-state index contributed by atoms with van der Waals surface area (Å²) in [4.78, 5) is 24.5. The third-order valence-corrected chi connectivity index (χ3v) is 4.40. The highest BCUT2D eigenvalue weighted by Crippen LogP contribution is 2.18. The van der Waals surface area contributed by atoms with Crippen LogP contribution < -0.4 is 10.9 Å². The summed E-state index contributed by atoms with van der Waals surface area (Å²) >= 11 is 0. The fourth-order valence-electron chi connectivity index (χ4n) is 2.12. The van der Waals surface area contributed by atoms with Gasteiger partial charge in [0.05, 0.1) is 21.4 Å². The number of aromatic nitrogens is 2. The lowest BCUT2D eigenvalue weighted by Gasteiger charge is -2.11. The van der Waals surface area contributed by atoms with Gasteiger partial charge in [-0.3, -0.25) is 13.8 Å². The van der Waals surface area contributed by atoms with Gasteiger partial charge < -0.3 is 5.32 Å². The molecule has 0 bridgehead atoms. The maximum atomic E-state index is 13.8. The first-order chi connectivity index (χ1) is 10.7. The summed E-state index contributed by atoms with van der Waals surface area (Å²) in [5, 5.41) is 6.48. The summed E-state index contributed by atoms with van der Waals surface area (Å²) in [6.07, 6.45) is 1.36. The van der Waals surface area contributed by atoms with Gasteiger partial charge in [0.25, 0.3) is 11.5 Å². The largest absolute Gasteiger partial charge is 0.322 e. The number of halogens is 1. The molecule has 23 heavy (non-hydrogen) atoms. The Hall–Kier alpha value is -2.35. The molecule has 122 valence electrons. The number of nitrogens with zero attached hydrogens (tertiary/aromatic N) is 2. The maximum absolute atomic E-state index is 13.8. The summed E-state index contributed by atoms with van der Waals surface area (Å²) in [6.45, 7) is 3.32. The molecule has 1 atom stereocenters. The predicted molar refractivity (Wildman–Crippen MR) is 85.6 cm³/mol. The highest BCUT2D eigenvalue weighted by molar-refractivity contribution is 7.84. The van der Waals surface area contributed by atoms with Gasteiger partial charge in [-0.1, -0.05) is 0 Å². The maximum Gasteiger partial charge on any atom is 0.279 e. The van der Waals surface area contributed by atoms with Gasteiger partial charge in [-0.05, 0) is 37.6 Å². The van der Waals surface area contributed by atoms with Crippen LogP contribution in [-0.2, 0) is 17.8 Å². The van der Waals surface area contributed by atoms with E-state index in [1.165, 1.54) is 25.4 Å². The van der Waals surface area contributed by atoms with Gasteiger partial charge in [-0.15, -0.1) is 0 Å². The molecule has 1 heterocycles. The van der Waals surface area contributed by atoms with Crippen LogP contribution in [0.5, 0.6) is 0 Å². The van der Waals surface area contributed by atoms with Crippen molar-refractivity contribution < 1.29 is 13.4 Å². The van der Waals surface area contributed by atoms with Crippen molar-refractivity contribution in [1.29, 1.82) is 0 Å². The van der Waals surface area contributed by atoms with Crippen LogP contribution in [-0.4, -0.2) is 26.2 Å². The molecule has 1 N–H and O–H groups in total. The van der Waals surface area contributed by atoms with Gasteiger partial charge in [-0.2, -0.15) is 5.10 Å². The summed E-state index contributed by atoms with van der Waals surface area (Å²) in [7, 11) is -0.00534. The number of aryl methyl sites for hydroxylation is 2. The monoisotopic (exact) mass is 337 g/mol. The van der Waals surface area contributed by atoms with Crippen LogP contribution in [0.2, 0.25) is 0 Å². The Labute approximate surface area is 134 Å². The van der Waals surface area contributed by atoms with Crippen LogP contribution in [0.1, 0.15) is 21.6 Å². The Morgan fingerprint density at radius 3 is 2.57 bits per heavy atom. The first-order valence-corrected chi connectivity index (χ1v) is 8.27. The van der Waals surface area contributed by atoms with E-state index >= 15 is 0 Å². The van der Waals surface area contributed by atoms with E-state index in [4.69, 9.17) is 0 Å². The summed E-state index contributed by atoms with van der Waals surface area (Å²) in [6, 6.07) is 3.85. The fourth-order valence-corrected chi connectivity index (χ4v) is 2.71. The van der Waals surface area contributed by atoms with Gasteiger partial charge in [0.1, 0.15) is 11.4 Å². The van der Waals surface area contributed by atoms with E-state index in [-0.39, 0.29) is 16.1 Å². The predicted octanol–water partition coefficient (Wildman–Crippen LogP) is 1.53. The Bertz CT molecular complexity index is 877. The van der Waals surface area contributed by atoms with Gasteiger partial charge in [-0.25, -0.2) is 9.07 Å². The number of amides is 1. The second-order valence-corrected chi connectivity index (χ2v) is 6.42. The lowest BCUT2D eigenvalue weighted by atomic mass is 10.1. The van der Waals surface area contributed by atoms with E-state index in [1.54, 1.807) is 13.8 Å². The minimum Gasteiger partial charge on any atom is -0.322 e. The van der Waals surface area contributed by atoms with Gasteiger partial charge >= 0.3 is 0 Å². The van der Waals surface area contributed by atoms with E-state index in [0.29, 0.717) is 11.3 Å². The molecule has 0 aliphatic heterocycles. The zero-order valence-electron chi connectivity index (χ0n) is 13.1. The average Bonchev–Trinajstić information content (AvgIpc) is 2.45. The quantitative estimate of drug-likeness (QED) is 0.921. The lowest BCUT2D eigenvalue weighted by molar-refractivity contribution is 0.102. The molecule has 0 saturated carbocycles. The molecule has 0 saturated heterocycles. The molecule has 0 radical (unpaired) electrons. The Morgan fingerprint density at radius 1 is 1.35 bits per heavy atom. The Kier molecular flexibility index (Phi) is 4.74. The first kappa shape index (κ1) is 17.0. The Morgan fingerprint density at radius 2 is 2.00 bits per heavy atom. The number of carbonyl (C=O) groups excluding carboxylic acids is 1. The number of hydrogen-bond acceptors (Lipinski definition) is 4. The molecule has 8 heteroatoms. The zero-order chi connectivity index (χ0) is 17.3. The third kappa shape index (κ3) is 3.37. The van der Waals surface area contributed by atoms with Crippen molar-refractivity contribution in [3.63, 3.8) is 0 Å². The second-order valence-electron chi connectivity index (χ2n) is 5.07. The van der Waals surface area contributed by atoms with Gasteiger partial charge in [0.15, 0.2) is 0 Å². The van der Waals surface area contributed by atoms with E-state index in [0.717, 1.165) is 10.7 Å². The number of carbonyl (C=O) groups is 1. The molecule has 0 fully saturated rings. The number of hydrogen-bond donors (Lipinski definition) is 1. The van der Waals surface area contributed by atoms with Crippen LogP contribution in [0.15, 0.2) is 27.9 Å². The van der Waals surface area contributed by atoms with Crippen LogP contribution >= 0.6 is 0 Å². The van der Waals surface area contributed by atoms with E-state index in [9.17, 15) is 18.2 Å². The smallest absolute Gasteiger partial charge is 0.279 e. The van der Waals surface area contributed by atoms with Crippen molar-refractivity contribution in [3.05, 3.63) is 51.2 Å². The van der Waals surface area contributed by atoms with Crippen molar-refractivity contribution >= 4 is 22.4 Å². The van der Waals surface area contributed by atoms with Crippen molar-refractivity contribution in [1.82, 2.24) is 9.78 Å². The first-order valence-electron chi connectivity index (χ1n) is 6.71. The van der Waals surface area contributed by atoms with Crippen LogP contribution in [0, 0.1) is 19.7 Å². The standard InChI is InChI=1S/C15H16FN3O3S/c1-8-9(2)18-19(3)15(21)13(8)14(20)17-10-5-6-12(23(4)22)11(16)7-10/h5-7H,1-4H3,(H,17,20)/t23-/m1/s1. The van der Waals surface area contributed by atoms with Crippen molar-refractivity contribution in [3.8, 4) is 0 Å². The van der Waals surface area contributed by atoms with Crippen molar-refractivity contribution in [2.24, 2.45) is 7.05 Å². The van der Waals surface area contributed by atoms with Crippen molar-refractivity contribution in [2.75, 3.05) is 11.6 Å².